The standard InChI is InChI=1S/C14H12N2O/c1-9-2-4-10(5-3-9)12-6-11-7-13(17)16-14(11)15-8-12/h2-6,8H,7H2,1H3,(H,15,16,17). The van der Waals surface area contributed by atoms with Crippen LogP contribution < -0.4 is 5.32 Å². The van der Waals surface area contributed by atoms with Gasteiger partial charge in [0, 0.05) is 17.3 Å². The summed E-state index contributed by atoms with van der Waals surface area (Å²) in [5, 5.41) is 2.74. The van der Waals surface area contributed by atoms with Gasteiger partial charge in [-0.3, -0.25) is 4.79 Å². The zero-order chi connectivity index (χ0) is 11.8. The quantitative estimate of drug-likeness (QED) is 0.808. The number of fused-ring (bicyclic) bond motifs is 1. The molecule has 2 aromatic rings. The Balaban J connectivity index is 2.03. The van der Waals surface area contributed by atoms with Gasteiger partial charge < -0.3 is 5.32 Å². The van der Waals surface area contributed by atoms with Crippen molar-refractivity contribution < 1.29 is 4.79 Å². The molecule has 3 rings (SSSR count). The van der Waals surface area contributed by atoms with Crippen LogP contribution in [0.25, 0.3) is 11.1 Å². The van der Waals surface area contributed by atoms with Gasteiger partial charge in [0.25, 0.3) is 0 Å². The lowest BCUT2D eigenvalue weighted by Gasteiger charge is -2.04. The van der Waals surface area contributed by atoms with Crippen molar-refractivity contribution in [2.75, 3.05) is 5.32 Å². The van der Waals surface area contributed by atoms with Crippen LogP contribution in [0.2, 0.25) is 0 Å². The summed E-state index contributed by atoms with van der Waals surface area (Å²) >= 11 is 0. The minimum Gasteiger partial charge on any atom is -0.310 e. The number of carbonyl (C=O) groups is 1. The third-order valence-corrected chi connectivity index (χ3v) is 2.96. The summed E-state index contributed by atoms with van der Waals surface area (Å²) in [4.78, 5) is 15.5. The summed E-state index contributed by atoms with van der Waals surface area (Å²) < 4.78 is 0. The minimum atomic E-state index is 0.0218. The molecule has 0 radical (unpaired) electrons. The fourth-order valence-corrected chi connectivity index (χ4v) is 2.01. The summed E-state index contributed by atoms with van der Waals surface area (Å²) in [5.41, 5.74) is 4.40. The maximum absolute atomic E-state index is 11.2. The Morgan fingerprint density at radius 1 is 1.18 bits per heavy atom. The molecule has 1 aromatic heterocycles. The molecule has 1 N–H and O–H groups in total. The van der Waals surface area contributed by atoms with Crippen molar-refractivity contribution in [2.24, 2.45) is 0 Å². The molecule has 84 valence electrons. The number of rotatable bonds is 1. The second-order valence-electron chi connectivity index (χ2n) is 4.32. The highest BCUT2D eigenvalue weighted by Gasteiger charge is 2.19. The van der Waals surface area contributed by atoms with Crippen molar-refractivity contribution in [2.45, 2.75) is 13.3 Å². The number of nitrogens with zero attached hydrogens (tertiary/aromatic N) is 1. The topological polar surface area (TPSA) is 42.0 Å². The number of hydrogen-bond acceptors (Lipinski definition) is 2. The Labute approximate surface area is 99.5 Å². The van der Waals surface area contributed by atoms with Gasteiger partial charge in [0.2, 0.25) is 5.91 Å². The lowest BCUT2D eigenvalue weighted by molar-refractivity contribution is -0.115. The van der Waals surface area contributed by atoms with E-state index in [1.54, 1.807) is 6.20 Å². The molecular formula is C14H12N2O. The highest BCUT2D eigenvalue weighted by atomic mass is 16.1. The van der Waals surface area contributed by atoms with Crippen molar-refractivity contribution >= 4 is 11.7 Å². The molecule has 3 heteroatoms. The summed E-state index contributed by atoms with van der Waals surface area (Å²) in [6, 6.07) is 10.3. The number of aromatic nitrogens is 1. The predicted octanol–water partition coefficient (Wildman–Crippen LogP) is 2.55. The monoisotopic (exact) mass is 224 g/mol. The zero-order valence-corrected chi connectivity index (χ0v) is 9.53. The maximum atomic E-state index is 11.2. The van der Waals surface area contributed by atoms with E-state index in [1.165, 1.54) is 5.56 Å². The number of hydrogen-bond donors (Lipinski definition) is 1. The van der Waals surface area contributed by atoms with E-state index in [0.29, 0.717) is 12.2 Å². The SMILES string of the molecule is Cc1ccc(-c2cnc3c(c2)CC(=O)N3)cc1. The predicted molar refractivity (Wildman–Crippen MR) is 66.7 cm³/mol. The van der Waals surface area contributed by atoms with Gasteiger partial charge in [0.1, 0.15) is 5.82 Å². The van der Waals surface area contributed by atoms with Crippen molar-refractivity contribution in [3.63, 3.8) is 0 Å². The van der Waals surface area contributed by atoms with Gasteiger partial charge in [-0.2, -0.15) is 0 Å². The highest BCUT2D eigenvalue weighted by Crippen LogP contribution is 2.26. The molecule has 17 heavy (non-hydrogen) atoms. The van der Waals surface area contributed by atoms with Crippen LogP contribution in [0.3, 0.4) is 0 Å². The van der Waals surface area contributed by atoms with Crippen LogP contribution in [0.4, 0.5) is 5.82 Å². The third kappa shape index (κ3) is 1.80. The van der Waals surface area contributed by atoms with Gasteiger partial charge in [-0.15, -0.1) is 0 Å². The molecule has 0 saturated heterocycles. The first kappa shape index (κ1) is 10.0. The second kappa shape index (κ2) is 3.70. The first-order valence-electron chi connectivity index (χ1n) is 5.58. The van der Waals surface area contributed by atoms with Gasteiger partial charge in [0.15, 0.2) is 0 Å². The van der Waals surface area contributed by atoms with E-state index < -0.39 is 0 Å². The van der Waals surface area contributed by atoms with Crippen LogP contribution in [0.5, 0.6) is 0 Å². The van der Waals surface area contributed by atoms with Crippen LogP contribution in [0.1, 0.15) is 11.1 Å². The number of amides is 1. The van der Waals surface area contributed by atoms with Gasteiger partial charge in [-0.1, -0.05) is 29.8 Å². The van der Waals surface area contributed by atoms with Crippen LogP contribution in [-0.4, -0.2) is 10.9 Å². The average Bonchev–Trinajstić information content (AvgIpc) is 2.69. The Morgan fingerprint density at radius 3 is 2.71 bits per heavy atom. The summed E-state index contributed by atoms with van der Waals surface area (Å²) in [6.07, 6.45) is 2.23. The fraction of sp³-hybridized carbons (Fsp3) is 0.143. The van der Waals surface area contributed by atoms with Crippen molar-refractivity contribution in [1.82, 2.24) is 4.98 Å². The fourth-order valence-electron chi connectivity index (χ4n) is 2.01. The number of pyridine rings is 1. The van der Waals surface area contributed by atoms with Gasteiger partial charge in [-0.05, 0) is 18.6 Å². The highest BCUT2D eigenvalue weighted by molar-refractivity contribution is 5.98. The normalized spacial score (nSPS) is 13.4. The first-order chi connectivity index (χ1) is 8.22. The van der Waals surface area contributed by atoms with Crippen LogP contribution in [-0.2, 0) is 11.2 Å². The summed E-state index contributed by atoms with van der Waals surface area (Å²) in [5.74, 6) is 0.722. The number of anilines is 1. The Hall–Kier alpha value is -2.16. The van der Waals surface area contributed by atoms with Crippen molar-refractivity contribution in [1.29, 1.82) is 0 Å². The van der Waals surface area contributed by atoms with Crippen LogP contribution in [0, 0.1) is 6.92 Å². The molecule has 0 saturated carbocycles. The Bertz CT molecular complexity index is 588. The number of aryl methyl sites for hydroxylation is 1. The summed E-state index contributed by atoms with van der Waals surface area (Å²) in [7, 11) is 0. The van der Waals surface area contributed by atoms with Gasteiger partial charge >= 0.3 is 0 Å². The van der Waals surface area contributed by atoms with E-state index in [1.807, 2.05) is 6.07 Å². The lowest BCUT2D eigenvalue weighted by Crippen LogP contribution is -2.04. The van der Waals surface area contributed by atoms with Gasteiger partial charge in [-0.25, -0.2) is 4.98 Å². The molecular weight excluding hydrogens is 212 g/mol. The molecule has 1 aliphatic heterocycles. The Kier molecular flexibility index (Phi) is 2.18. The van der Waals surface area contributed by atoms with Crippen molar-refractivity contribution in [3.05, 3.63) is 47.7 Å². The molecule has 0 fully saturated rings. The second-order valence-corrected chi connectivity index (χ2v) is 4.32. The lowest BCUT2D eigenvalue weighted by atomic mass is 10.0. The van der Waals surface area contributed by atoms with E-state index in [0.717, 1.165) is 16.7 Å². The minimum absolute atomic E-state index is 0.0218. The Morgan fingerprint density at radius 2 is 1.94 bits per heavy atom. The molecule has 0 aliphatic carbocycles. The molecule has 1 aromatic carbocycles. The molecule has 2 heterocycles. The first-order valence-corrected chi connectivity index (χ1v) is 5.58. The molecule has 1 aliphatic rings. The van der Waals surface area contributed by atoms with Crippen LogP contribution >= 0.6 is 0 Å². The number of nitrogens with one attached hydrogen (secondary N) is 1. The van der Waals surface area contributed by atoms with E-state index in [2.05, 4.69) is 41.5 Å². The average molecular weight is 224 g/mol. The molecule has 0 atom stereocenters. The summed E-state index contributed by atoms with van der Waals surface area (Å²) in [6.45, 7) is 2.06. The number of carbonyl (C=O) groups excluding carboxylic acids is 1. The van der Waals surface area contributed by atoms with Crippen molar-refractivity contribution in [3.8, 4) is 11.1 Å². The molecule has 0 unspecified atom stereocenters. The third-order valence-electron chi connectivity index (χ3n) is 2.96. The molecule has 0 bridgehead atoms. The molecule has 1 amide bonds. The van der Waals surface area contributed by atoms with Gasteiger partial charge in [0.05, 0.1) is 6.42 Å². The zero-order valence-electron chi connectivity index (χ0n) is 9.53. The van der Waals surface area contributed by atoms with Crippen LogP contribution in [0.15, 0.2) is 36.5 Å². The van der Waals surface area contributed by atoms with E-state index in [4.69, 9.17) is 0 Å². The molecule has 3 nitrogen and oxygen atoms in total. The number of benzene rings is 1. The largest absolute Gasteiger partial charge is 0.310 e. The maximum Gasteiger partial charge on any atom is 0.230 e. The van der Waals surface area contributed by atoms with E-state index >= 15 is 0 Å². The van der Waals surface area contributed by atoms with E-state index in [-0.39, 0.29) is 5.91 Å². The van der Waals surface area contributed by atoms with E-state index in [9.17, 15) is 4.79 Å². The smallest absolute Gasteiger partial charge is 0.230 e. The molecule has 0 spiro atoms.